The van der Waals surface area contributed by atoms with Gasteiger partial charge in [-0.15, -0.1) is 0 Å². The average Bonchev–Trinajstić information content (AvgIpc) is 2.52. The monoisotopic (exact) mass is 279 g/mol. The number of methoxy groups -OCH3 is 1. The summed E-state index contributed by atoms with van der Waals surface area (Å²) in [6, 6.07) is 7.75. The molecule has 4 heteroatoms. The summed E-state index contributed by atoms with van der Waals surface area (Å²) in [5.41, 5.74) is 0. The Bertz CT molecular complexity index is 360. The van der Waals surface area contributed by atoms with Crippen molar-refractivity contribution < 1.29 is 14.2 Å². The van der Waals surface area contributed by atoms with E-state index in [0.29, 0.717) is 0 Å². The molecule has 112 valence electrons. The molecule has 20 heavy (non-hydrogen) atoms. The van der Waals surface area contributed by atoms with Gasteiger partial charge in [0.25, 0.3) is 0 Å². The molecule has 2 rings (SSSR count). The minimum Gasteiger partial charge on any atom is -0.497 e. The van der Waals surface area contributed by atoms with Crippen LogP contribution < -0.4 is 9.47 Å². The Hall–Kier alpha value is -1.26. The Morgan fingerprint density at radius 2 is 1.70 bits per heavy atom. The zero-order valence-corrected chi connectivity index (χ0v) is 12.3. The minimum absolute atomic E-state index is 0.787. The van der Waals surface area contributed by atoms with Crippen molar-refractivity contribution in [2.75, 3.05) is 46.6 Å². The summed E-state index contributed by atoms with van der Waals surface area (Å²) < 4.78 is 16.2. The lowest BCUT2D eigenvalue weighted by Crippen LogP contribution is -2.36. The molecule has 0 N–H and O–H groups in total. The van der Waals surface area contributed by atoms with Gasteiger partial charge in [-0.2, -0.15) is 0 Å². The first-order chi connectivity index (χ1) is 9.88. The van der Waals surface area contributed by atoms with E-state index < -0.39 is 0 Å². The van der Waals surface area contributed by atoms with Crippen molar-refractivity contribution in [3.63, 3.8) is 0 Å². The zero-order valence-electron chi connectivity index (χ0n) is 12.3. The molecule has 0 bridgehead atoms. The fourth-order valence-electron chi connectivity index (χ4n) is 2.30. The van der Waals surface area contributed by atoms with Gasteiger partial charge in [0.2, 0.25) is 0 Å². The van der Waals surface area contributed by atoms with Crippen molar-refractivity contribution in [2.45, 2.75) is 19.3 Å². The third-order valence-corrected chi connectivity index (χ3v) is 3.55. The van der Waals surface area contributed by atoms with Crippen LogP contribution in [0.5, 0.6) is 11.5 Å². The molecule has 1 aliphatic rings. The molecule has 1 aromatic rings. The van der Waals surface area contributed by atoms with Gasteiger partial charge in [-0.05, 0) is 50.1 Å². The van der Waals surface area contributed by atoms with E-state index in [2.05, 4.69) is 4.90 Å². The second-order valence-electron chi connectivity index (χ2n) is 5.04. The Balaban J connectivity index is 1.50. The summed E-state index contributed by atoms with van der Waals surface area (Å²) in [7, 11) is 1.67. The Morgan fingerprint density at radius 3 is 2.40 bits per heavy atom. The van der Waals surface area contributed by atoms with Crippen molar-refractivity contribution in [1.82, 2.24) is 4.90 Å². The summed E-state index contributed by atoms with van der Waals surface area (Å²) in [4.78, 5) is 2.48. The van der Waals surface area contributed by atoms with E-state index in [-0.39, 0.29) is 0 Å². The van der Waals surface area contributed by atoms with Crippen molar-refractivity contribution >= 4 is 0 Å². The molecule has 1 saturated heterocycles. The number of rotatable bonds is 8. The highest BCUT2D eigenvalue weighted by molar-refractivity contribution is 5.31. The van der Waals surface area contributed by atoms with Crippen molar-refractivity contribution in [2.24, 2.45) is 0 Å². The van der Waals surface area contributed by atoms with Crippen LogP contribution in [0.15, 0.2) is 24.3 Å². The standard InChI is InChI=1S/C16H25NO3/c1-18-15-5-7-16(8-6-15)20-12-4-2-3-9-17-10-13-19-14-11-17/h5-8H,2-4,9-14H2,1H3. The van der Waals surface area contributed by atoms with E-state index in [1.54, 1.807) is 7.11 Å². The van der Waals surface area contributed by atoms with Gasteiger partial charge in [0, 0.05) is 13.1 Å². The average molecular weight is 279 g/mol. The molecule has 0 atom stereocenters. The van der Waals surface area contributed by atoms with Gasteiger partial charge < -0.3 is 14.2 Å². The SMILES string of the molecule is COc1ccc(OCCCCCN2CCOCC2)cc1. The lowest BCUT2D eigenvalue weighted by molar-refractivity contribution is 0.0370. The molecular weight excluding hydrogens is 254 g/mol. The highest BCUT2D eigenvalue weighted by Crippen LogP contribution is 2.17. The van der Waals surface area contributed by atoms with Gasteiger partial charge in [0.1, 0.15) is 11.5 Å². The number of benzene rings is 1. The maximum Gasteiger partial charge on any atom is 0.119 e. The van der Waals surface area contributed by atoms with Crippen LogP contribution in [0.1, 0.15) is 19.3 Å². The van der Waals surface area contributed by atoms with Crippen LogP contribution in [0, 0.1) is 0 Å². The number of hydrogen-bond donors (Lipinski definition) is 0. The minimum atomic E-state index is 0.787. The van der Waals surface area contributed by atoms with E-state index >= 15 is 0 Å². The quantitative estimate of drug-likeness (QED) is 0.684. The van der Waals surface area contributed by atoms with Crippen LogP contribution >= 0.6 is 0 Å². The molecule has 0 radical (unpaired) electrons. The Kier molecular flexibility index (Phi) is 6.68. The van der Waals surface area contributed by atoms with E-state index in [4.69, 9.17) is 14.2 Å². The molecule has 1 aromatic carbocycles. The highest BCUT2D eigenvalue weighted by Gasteiger charge is 2.08. The number of unbranched alkanes of at least 4 members (excludes halogenated alkanes) is 2. The van der Waals surface area contributed by atoms with Gasteiger partial charge in [-0.1, -0.05) is 0 Å². The number of ether oxygens (including phenoxy) is 3. The smallest absolute Gasteiger partial charge is 0.119 e. The number of morpholine rings is 1. The molecule has 1 aliphatic heterocycles. The molecule has 0 unspecified atom stereocenters. The van der Waals surface area contributed by atoms with Gasteiger partial charge in [0.15, 0.2) is 0 Å². The van der Waals surface area contributed by atoms with Crippen molar-refractivity contribution in [1.29, 1.82) is 0 Å². The van der Waals surface area contributed by atoms with E-state index in [9.17, 15) is 0 Å². The van der Waals surface area contributed by atoms with Crippen LogP contribution in [-0.2, 0) is 4.74 Å². The van der Waals surface area contributed by atoms with Crippen LogP contribution in [-0.4, -0.2) is 51.5 Å². The fraction of sp³-hybridized carbons (Fsp3) is 0.625. The molecule has 0 spiro atoms. The van der Waals surface area contributed by atoms with Crippen LogP contribution in [0.25, 0.3) is 0 Å². The molecule has 1 fully saturated rings. The Morgan fingerprint density at radius 1 is 1.00 bits per heavy atom. The fourth-order valence-corrected chi connectivity index (χ4v) is 2.30. The summed E-state index contributed by atoms with van der Waals surface area (Å²) >= 11 is 0. The first-order valence-corrected chi connectivity index (χ1v) is 7.45. The number of hydrogen-bond acceptors (Lipinski definition) is 4. The lowest BCUT2D eigenvalue weighted by atomic mass is 10.2. The predicted octanol–water partition coefficient (Wildman–Crippen LogP) is 2.58. The summed E-state index contributed by atoms with van der Waals surface area (Å²) in [6.45, 7) is 5.92. The Labute approximate surface area is 121 Å². The van der Waals surface area contributed by atoms with Crippen molar-refractivity contribution in [3.8, 4) is 11.5 Å². The van der Waals surface area contributed by atoms with E-state index in [1.165, 1.54) is 19.4 Å². The molecule has 0 aliphatic carbocycles. The highest BCUT2D eigenvalue weighted by atomic mass is 16.5. The third kappa shape index (κ3) is 5.39. The maximum absolute atomic E-state index is 5.71. The molecule has 0 amide bonds. The summed E-state index contributed by atoms with van der Waals surface area (Å²) in [5.74, 6) is 1.78. The van der Waals surface area contributed by atoms with E-state index in [1.807, 2.05) is 24.3 Å². The normalized spacial score (nSPS) is 16.1. The van der Waals surface area contributed by atoms with Gasteiger partial charge in [0.05, 0.1) is 26.9 Å². The second kappa shape index (κ2) is 8.82. The summed E-state index contributed by atoms with van der Waals surface area (Å²) in [5, 5.41) is 0. The van der Waals surface area contributed by atoms with E-state index in [0.717, 1.165) is 50.8 Å². The molecule has 1 heterocycles. The third-order valence-electron chi connectivity index (χ3n) is 3.55. The first-order valence-electron chi connectivity index (χ1n) is 7.45. The van der Waals surface area contributed by atoms with Crippen LogP contribution in [0.2, 0.25) is 0 Å². The maximum atomic E-state index is 5.71. The predicted molar refractivity (Wildman–Crippen MR) is 79.6 cm³/mol. The van der Waals surface area contributed by atoms with Crippen molar-refractivity contribution in [3.05, 3.63) is 24.3 Å². The second-order valence-corrected chi connectivity index (χ2v) is 5.04. The number of nitrogens with zero attached hydrogens (tertiary/aromatic N) is 1. The van der Waals surface area contributed by atoms with Gasteiger partial charge in [-0.3, -0.25) is 4.90 Å². The first kappa shape index (κ1) is 15.1. The topological polar surface area (TPSA) is 30.9 Å². The van der Waals surface area contributed by atoms with Gasteiger partial charge >= 0.3 is 0 Å². The molecule has 4 nitrogen and oxygen atoms in total. The van der Waals surface area contributed by atoms with Crippen LogP contribution in [0.3, 0.4) is 0 Å². The molecular formula is C16H25NO3. The molecule has 0 aromatic heterocycles. The zero-order chi connectivity index (χ0) is 14.0. The summed E-state index contributed by atoms with van der Waals surface area (Å²) in [6.07, 6.45) is 3.57. The lowest BCUT2D eigenvalue weighted by Gasteiger charge is -2.26. The molecule has 0 saturated carbocycles. The largest absolute Gasteiger partial charge is 0.497 e. The van der Waals surface area contributed by atoms with Gasteiger partial charge in [-0.25, -0.2) is 0 Å². The van der Waals surface area contributed by atoms with Crippen LogP contribution in [0.4, 0.5) is 0 Å².